The lowest BCUT2D eigenvalue weighted by Gasteiger charge is -2.30. The van der Waals surface area contributed by atoms with Gasteiger partial charge in [0.25, 0.3) is 0 Å². The topological polar surface area (TPSA) is 51.2 Å². The zero-order valence-electron chi connectivity index (χ0n) is 8.60. The second kappa shape index (κ2) is 3.75. The zero-order chi connectivity index (χ0) is 10.2. The van der Waals surface area contributed by atoms with Gasteiger partial charge in [0.05, 0.1) is 12.6 Å². The minimum atomic E-state index is -0.552. The van der Waals surface area contributed by atoms with Crippen LogP contribution in [0.5, 0.6) is 0 Å². The lowest BCUT2D eigenvalue weighted by atomic mass is 10.0. The molecular weight excluding hydrogens is 186 g/mol. The number of aliphatic hydroxyl groups excluding tert-OH is 1. The smallest absolute Gasteiger partial charge is 0.186 e. The van der Waals surface area contributed by atoms with Crippen molar-refractivity contribution in [2.24, 2.45) is 0 Å². The van der Waals surface area contributed by atoms with E-state index in [0.29, 0.717) is 0 Å². The summed E-state index contributed by atoms with van der Waals surface area (Å²) in [5, 5.41) is 10.9. The van der Waals surface area contributed by atoms with Gasteiger partial charge in [0, 0.05) is 33.6 Å². The molecule has 14 heavy (non-hydrogen) atoms. The molecule has 0 spiro atoms. The largest absolute Gasteiger partial charge is 0.394 e. The number of aliphatic hydroxyl groups is 1. The van der Waals surface area contributed by atoms with Crippen LogP contribution in [0.4, 0.5) is 0 Å². The lowest BCUT2D eigenvalue weighted by molar-refractivity contribution is -0.234. The highest BCUT2D eigenvalue weighted by Crippen LogP contribution is 2.39. The molecular formula is C9H17NO4. The van der Waals surface area contributed by atoms with E-state index >= 15 is 0 Å². The molecule has 0 amide bonds. The van der Waals surface area contributed by atoms with E-state index in [2.05, 4.69) is 0 Å². The Labute approximate surface area is 83.5 Å². The van der Waals surface area contributed by atoms with Crippen LogP contribution in [-0.4, -0.2) is 55.5 Å². The molecule has 2 fully saturated rings. The Kier molecular flexibility index (Phi) is 2.77. The molecule has 2 saturated heterocycles. The van der Waals surface area contributed by atoms with Crippen molar-refractivity contribution in [1.82, 2.24) is 5.06 Å². The van der Waals surface area contributed by atoms with Gasteiger partial charge in [-0.2, -0.15) is 5.06 Å². The van der Waals surface area contributed by atoms with Crippen LogP contribution >= 0.6 is 0 Å². The monoisotopic (exact) mass is 203 g/mol. The fourth-order valence-corrected chi connectivity index (χ4v) is 2.38. The Morgan fingerprint density at radius 3 is 2.79 bits per heavy atom. The number of hydrogen-bond acceptors (Lipinski definition) is 5. The molecule has 2 atom stereocenters. The van der Waals surface area contributed by atoms with Crippen LogP contribution in [0.2, 0.25) is 0 Å². The SMILES string of the molecule is COC1(OC)CCN2OC(CO)CC21. The molecule has 5 nitrogen and oxygen atoms in total. The van der Waals surface area contributed by atoms with E-state index in [9.17, 15) is 0 Å². The number of fused-ring (bicyclic) bond motifs is 1. The number of hydroxylamine groups is 2. The number of nitrogens with zero attached hydrogens (tertiary/aromatic N) is 1. The van der Waals surface area contributed by atoms with Gasteiger partial charge in [-0.3, -0.25) is 4.84 Å². The molecule has 1 N–H and O–H groups in total. The van der Waals surface area contributed by atoms with E-state index in [1.165, 1.54) is 0 Å². The van der Waals surface area contributed by atoms with Crippen LogP contribution in [0.25, 0.3) is 0 Å². The van der Waals surface area contributed by atoms with E-state index in [0.717, 1.165) is 19.4 Å². The maximum Gasteiger partial charge on any atom is 0.186 e. The van der Waals surface area contributed by atoms with Crippen molar-refractivity contribution in [3.8, 4) is 0 Å². The van der Waals surface area contributed by atoms with E-state index in [1.54, 1.807) is 14.2 Å². The first-order valence-corrected chi connectivity index (χ1v) is 4.90. The first kappa shape index (κ1) is 10.3. The second-order valence-corrected chi connectivity index (χ2v) is 3.77. The summed E-state index contributed by atoms with van der Waals surface area (Å²) in [6, 6.07) is 0.106. The maximum absolute atomic E-state index is 9.00. The minimum absolute atomic E-state index is 0.0521. The van der Waals surface area contributed by atoms with Crippen LogP contribution in [0.1, 0.15) is 12.8 Å². The summed E-state index contributed by atoms with van der Waals surface area (Å²) < 4.78 is 10.9. The molecule has 0 bridgehead atoms. The van der Waals surface area contributed by atoms with Crippen molar-refractivity contribution in [2.75, 3.05) is 27.4 Å². The Morgan fingerprint density at radius 2 is 2.21 bits per heavy atom. The fraction of sp³-hybridized carbons (Fsp3) is 1.00. The first-order valence-electron chi connectivity index (χ1n) is 4.90. The third-order valence-electron chi connectivity index (χ3n) is 3.20. The average Bonchev–Trinajstić information content (AvgIpc) is 2.75. The van der Waals surface area contributed by atoms with Crippen LogP contribution < -0.4 is 0 Å². The van der Waals surface area contributed by atoms with Gasteiger partial charge in [0.1, 0.15) is 6.10 Å². The number of methoxy groups -OCH3 is 2. The third-order valence-corrected chi connectivity index (χ3v) is 3.20. The van der Waals surface area contributed by atoms with Crippen LogP contribution in [0.3, 0.4) is 0 Å². The minimum Gasteiger partial charge on any atom is -0.394 e. The van der Waals surface area contributed by atoms with Crippen molar-refractivity contribution in [3.63, 3.8) is 0 Å². The van der Waals surface area contributed by atoms with Crippen molar-refractivity contribution in [1.29, 1.82) is 0 Å². The highest BCUT2D eigenvalue weighted by Gasteiger charge is 2.53. The average molecular weight is 203 g/mol. The second-order valence-electron chi connectivity index (χ2n) is 3.77. The van der Waals surface area contributed by atoms with Gasteiger partial charge in [-0.15, -0.1) is 0 Å². The molecule has 2 unspecified atom stereocenters. The Morgan fingerprint density at radius 1 is 1.50 bits per heavy atom. The van der Waals surface area contributed by atoms with E-state index in [1.807, 2.05) is 5.06 Å². The number of ether oxygens (including phenoxy) is 2. The Balaban J connectivity index is 2.10. The first-order chi connectivity index (χ1) is 6.75. The molecule has 0 aromatic heterocycles. The Bertz CT molecular complexity index is 207. The van der Waals surface area contributed by atoms with Crippen LogP contribution in [0.15, 0.2) is 0 Å². The van der Waals surface area contributed by atoms with Gasteiger partial charge in [0.2, 0.25) is 0 Å². The number of hydrogen-bond donors (Lipinski definition) is 1. The molecule has 2 aliphatic heterocycles. The third kappa shape index (κ3) is 1.36. The molecule has 0 aromatic carbocycles. The molecule has 5 heteroatoms. The summed E-state index contributed by atoms with van der Waals surface area (Å²) >= 11 is 0. The standard InChI is InChI=1S/C9H17NO4/c1-12-9(13-2)3-4-10-8(9)5-7(6-11)14-10/h7-8,11H,3-6H2,1-2H3. The quantitative estimate of drug-likeness (QED) is 0.641. The summed E-state index contributed by atoms with van der Waals surface area (Å²) in [5.41, 5.74) is 0. The van der Waals surface area contributed by atoms with Gasteiger partial charge in [-0.1, -0.05) is 0 Å². The van der Waals surface area contributed by atoms with Gasteiger partial charge in [0.15, 0.2) is 5.79 Å². The van der Waals surface area contributed by atoms with E-state index in [4.69, 9.17) is 19.4 Å². The normalized spacial score (nSPS) is 36.2. The van der Waals surface area contributed by atoms with Crippen molar-refractivity contribution >= 4 is 0 Å². The maximum atomic E-state index is 9.00. The Hall–Kier alpha value is -0.200. The van der Waals surface area contributed by atoms with Crippen LogP contribution in [0, 0.1) is 0 Å². The molecule has 2 heterocycles. The molecule has 82 valence electrons. The lowest BCUT2D eigenvalue weighted by Crippen LogP contribution is -2.44. The van der Waals surface area contributed by atoms with Crippen molar-refractivity contribution in [3.05, 3.63) is 0 Å². The summed E-state index contributed by atoms with van der Waals surface area (Å²) in [7, 11) is 3.30. The van der Waals surface area contributed by atoms with Gasteiger partial charge in [-0.05, 0) is 0 Å². The predicted molar refractivity (Wildman–Crippen MR) is 48.4 cm³/mol. The molecule has 0 aromatic rings. The highest BCUT2D eigenvalue weighted by molar-refractivity contribution is 4.96. The van der Waals surface area contributed by atoms with E-state index in [-0.39, 0.29) is 18.8 Å². The highest BCUT2D eigenvalue weighted by atomic mass is 16.7. The zero-order valence-corrected chi connectivity index (χ0v) is 8.60. The van der Waals surface area contributed by atoms with Gasteiger partial charge < -0.3 is 14.6 Å². The van der Waals surface area contributed by atoms with Gasteiger partial charge >= 0.3 is 0 Å². The summed E-state index contributed by atoms with van der Waals surface area (Å²) in [6.07, 6.45) is 1.46. The van der Waals surface area contributed by atoms with Crippen molar-refractivity contribution < 1.29 is 19.4 Å². The molecule has 2 aliphatic rings. The number of rotatable bonds is 3. The molecule has 0 saturated carbocycles. The van der Waals surface area contributed by atoms with Crippen LogP contribution in [-0.2, 0) is 14.3 Å². The summed E-state index contributed by atoms with van der Waals surface area (Å²) in [5.74, 6) is -0.552. The molecule has 2 rings (SSSR count). The van der Waals surface area contributed by atoms with E-state index < -0.39 is 5.79 Å². The van der Waals surface area contributed by atoms with Crippen molar-refractivity contribution in [2.45, 2.75) is 30.8 Å². The van der Waals surface area contributed by atoms with Gasteiger partial charge in [-0.25, -0.2) is 0 Å². The summed E-state index contributed by atoms with van der Waals surface area (Å²) in [4.78, 5) is 5.52. The predicted octanol–water partition coefficient (Wildman–Crippen LogP) is -0.254. The fourth-order valence-electron chi connectivity index (χ4n) is 2.38. The molecule has 0 radical (unpaired) electrons. The summed E-state index contributed by atoms with van der Waals surface area (Å²) in [6.45, 7) is 0.847. The molecule has 0 aliphatic carbocycles.